The smallest absolute Gasteiger partial charge is 0.229 e. The summed E-state index contributed by atoms with van der Waals surface area (Å²) in [6.07, 6.45) is 10.2. The first-order valence-corrected chi connectivity index (χ1v) is 7.37. The third-order valence-corrected chi connectivity index (χ3v) is 4.24. The normalized spacial score (nSPS) is 27.2. The van der Waals surface area contributed by atoms with Gasteiger partial charge in [-0.1, -0.05) is 38.2 Å². The summed E-state index contributed by atoms with van der Waals surface area (Å²) in [6, 6.07) is 0.115. The monoisotopic (exact) mass is 279 g/mol. The van der Waals surface area contributed by atoms with Crippen LogP contribution in [0.15, 0.2) is 24.3 Å². The van der Waals surface area contributed by atoms with Crippen molar-refractivity contribution in [3.05, 3.63) is 24.3 Å². The van der Waals surface area contributed by atoms with Gasteiger partial charge in [-0.2, -0.15) is 0 Å². The maximum Gasteiger partial charge on any atom is 0.229 e. The molecule has 0 aromatic carbocycles. The lowest BCUT2D eigenvalue weighted by Gasteiger charge is -2.36. The zero-order chi connectivity index (χ0) is 15.3. The van der Waals surface area contributed by atoms with Crippen LogP contribution < -0.4 is 11.5 Å². The summed E-state index contributed by atoms with van der Waals surface area (Å²) >= 11 is 0. The van der Waals surface area contributed by atoms with Crippen molar-refractivity contribution in [2.24, 2.45) is 22.8 Å². The summed E-state index contributed by atoms with van der Waals surface area (Å²) in [4.78, 5) is 14.2. The van der Waals surface area contributed by atoms with Crippen LogP contribution in [0.2, 0.25) is 0 Å². The first-order valence-electron chi connectivity index (χ1n) is 7.37. The van der Waals surface area contributed by atoms with E-state index in [2.05, 4.69) is 32.8 Å². The molecule has 3 unspecified atom stereocenters. The molecule has 3 atom stereocenters. The molecule has 0 fully saturated rings. The highest BCUT2D eigenvalue weighted by Gasteiger charge is 2.40. The molecule has 0 aromatic rings. The van der Waals surface area contributed by atoms with Gasteiger partial charge in [0.25, 0.3) is 0 Å². The van der Waals surface area contributed by atoms with Crippen LogP contribution >= 0.6 is 0 Å². The van der Waals surface area contributed by atoms with Crippen LogP contribution in [0, 0.1) is 11.3 Å². The SMILES string of the molecule is CC(C)CC(CCC1(C(N)=O)C=CC=CC1N)N(C)C. The third-order valence-electron chi connectivity index (χ3n) is 4.24. The number of hydrogen-bond acceptors (Lipinski definition) is 3. The Balaban J connectivity index is 2.79. The Bertz CT molecular complexity index is 387. The maximum absolute atomic E-state index is 11.9. The van der Waals surface area contributed by atoms with Crippen molar-refractivity contribution in [1.29, 1.82) is 0 Å². The summed E-state index contributed by atoms with van der Waals surface area (Å²) in [5.74, 6) is 0.301. The lowest BCUT2D eigenvalue weighted by Crippen LogP contribution is -2.50. The second-order valence-electron chi connectivity index (χ2n) is 6.46. The molecule has 4 N–H and O–H groups in total. The van der Waals surface area contributed by atoms with Gasteiger partial charge in [-0.25, -0.2) is 0 Å². The van der Waals surface area contributed by atoms with E-state index >= 15 is 0 Å². The molecule has 0 saturated carbocycles. The van der Waals surface area contributed by atoms with Crippen molar-refractivity contribution < 1.29 is 4.79 Å². The van der Waals surface area contributed by atoms with E-state index in [0.717, 1.165) is 12.8 Å². The van der Waals surface area contributed by atoms with E-state index in [1.54, 1.807) is 0 Å². The number of rotatable bonds is 7. The number of nitrogens with zero attached hydrogens (tertiary/aromatic N) is 1. The Kier molecular flexibility index (Phi) is 5.96. The number of amides is 1. The molecule has 0 aromatic heterocycles. The number of nitrogens with two attached hydrogens (primary N) is 2. The molecule has 4 heteroatoms. The van der Waals surface area contributed by atoms with Crippen LogP contribution in [0.3, 0.4) is 0 Å². The van der Waals surface area contributed by atoms with E-state index in [4.69, 9.17) is 11.5 Å². The second kappa shape index (κ2) is 7.04. The molecule has 20 heavy (non-hydrogen) atoms. The molecule has 4 nitrogen and oxygen atoms in total. The number of primary amides is 1. The average Bonchev–Trinajstić information content (AvgIpc) is 2.35. The van der Waals surface area contributed by atoms with Gasteiger partial charge in [0.05, 0.1) is 5.41 Å². The molecule has 114 valence electrons. The van der Waals surface area contributed by atoms with Crippen LogP contribution in [-0.2, 0) is 4.79 Å². The Morgan fingerprint density at radius 2 is 2.00 bits per heavy atom. The van der Waals surface area contributed by atoms with Crippen molar-refractivity contribution in [1.82, 2.24) is 4.90 Å². The summed E-state index contributed by atoms with van der Waals surface area (Å²) < 4.78 is 0. The number of carbonyl (C=O) groups is 1. The fourth-order valence-electron chi connectivity index (χ4n) is 2.85. The summed E-state index contributed by atoms with van der Waals surface area (Å²) in [7, 11) is 4.17. The molecule has 0 heterocycles. The van der Waals surface area contributed by atoms with Gasteiger partial charge in [0.2, 0.25) is 5.91 Å². The Morgan fingerprint density at radius 3 is 2.45 bits per heavy atom. The van der Waals surface area contributed by atoms with Crippen molar-refractivity contribution in [3.8, 4) is 0 Å². The number of carbonyl (C=O) groups excluding carboxylic acids is 1. The Morgan fingerprint density at radius 1 is 1.35 bits per heavy atom. The van der Waals surface area contributed by atoms with Crippen LogP contribution in [0.4, 0.5) is 0 Å². The first-order chi connectivity index (χ1) is 9.29. The molecule has 1 aliphatic rings. The van der Waals surface area contributed by atoms with Crippen molar-refractivity contribution >= 4 is 5.91 Å². The lowest BCUT2D eigenvalue weighted by atomic mass is 9.72. The average molecular weight is 279 g/mol. The van der Waals surface area contributed by atoms with Gasteiger partial charge in [0, 0.05) is 12.1 Å². The van der Waals surface area contributed by atoms with E-state index in [9.17, 15) is 4.79 Å². The van der Waals surface area contributed by atoms with Crippen LogP contribution in [0.1, 0.15) is 33.1 Å². The van der Waals surface area contributed by atoms with Crippen molar-refractivity contribution in [2.45, 2.75) is 45.2 Å². The van der Waals surface area contributed by atoms with Gasteiger partial charge in [-0.15, -0.1) is 0 Å². The number of allylic oxidation sites excluding steroid dienone is 2. The third kappa shape index (κ3) is 3.93. The molecule has 1 aliphatic carbocycles. The van der Waals surface area contributed by atoms with E-state index in [1.165, 1.54) is 0 Å². The zero-order valence-electron chi connectivity index (χ0n) is 13.2. The van der Waals surface area contributed by atoms with E-state index < -0.39 is 5.41 Å². The van der Waals surface area contributed by atoms with Crippen LogP contribution in [0.25, 0.3) is 0 Å². The standard InChI is InChI=1S/C16H29N3O/c1-12(2)11-13(19(3)4)8-10-16(15(18)20)9-6-5-7-14(16)17/h5-7,9,12-14H,8,10-11,17H2,1-4H3,(H2,18,20). The van der Waals surface area contributed by atoms with Crippen LogP contribution in [-0.4, -0.2) is 37.0 Å². The minimum atomic E-state index is -0.736. The predicted molar refractivity (Wildman–Crippen MR) is 84.0 cm³/mol. The van der Waals surface area contributed by atoms with Gasteiger partial charge < -0.3 is 16.4 Å². The Hall–Kier alpha value is -1.13. The maximum atomic E-state index is 11.9. The van der Waals surface area contributed by atoms with Crippen LogP contribution in [0.5, 0.6) is 0 Å². The van der Waals surface area contributed by atoms with Gasteiger partial charge >= 0.3 is 0 Å². The molecule has 0 saturated heterocycles. The first kappa shape index (κ1) is 16.9. The lowest BCUT2D eigenvalue weighted by molar-refractivity contribution is -0.126. The molecular weight excluding hydrogens is 250 g/mol. The summed E-state index contributed by atoms with van der Waals surface area (Å²) in [5, 5.41) is 0. The zero-order valence-corrected chi connectivity index (χ0v) is 13.2. The predicted octanol–water partition coefficient (Wildman–Crippen LogP) is 1.67. The van der Waals surface area contributed by atoms with Crippen molar-refractivity contribution in [3.63, 3.8) is 0 Å². The molecular formula is C16H29N3O. The second-order valence-corrected chi connectivity index (χ2v) is 6.46. The van der Waals surface area contributed by atoms with Gasteiger partial charge in [-0.3, -0.25) is 4.79 Å². The summed E-state index contributed by atoms with van der Waals surface area (Å²) in [5.41, 5.74) is 11.0. The Labute approximate surface area is 122 Å². The molecule has 0 radical (unpaired) electrons. The molecule has 1 rings (SSSR count). The van der Waals surface area contributed by atoms with Gasteiger partial charge in [0.15, 0.2) is 0 Å². The highest BCUT2D eigenvalue weighted by Crippen LogP contribution is 2.33. The quantitative estimate of drug-likeness (QED) is 0.744. The van der Waals surface area contributed by atoms with E-state index in [-0.39, 0.29) is 11.9 Å². The molecule has 0 spiro atoms. The largest absolute Gasteiger partial charge is 0.369 e. The fourth-order valence-corrected chi connectivity index (χ4v) is 2.85. The van der Waals surface area contributed by atoms with Gasteiger partial charge in [0.1, 0.15) is 0 Å². The minimum Gasteiger partial charge on any atom is -0.369 e. The molecule has 1 amide bonds. The number of hydrogen-bond donors (Lipinski definition) is 2. The molecule has 0 bridgehead atoms. The summed E-state index contributed by atoms with van der Waals surface area (Å²) in [6.45, 7) is 4.44. The van der Waals surface area contributed by atoms with E-state index in [0.29, 0.717) is 18.4 Å². The highest BCUT2D eigenvalue weighted by atomic mass is 16.1. The highest BCUT2D eigenvalue weighted by molar-refractivity contribution is 5.84. The van der Waals surface area contributed by atoms with Crippen molar-refractivity contribution in [2.75, 3.05) is 14.1 Å². The van der Waals surface area contributed by atoms with Gasteiger partial charge in [-0.05, 0) is 39.3 Å². The minimum absolute atomic E-state index is 0.326. The van der Waals surface area contributed by atoms with E-state index in [1.807, 2.05) is 24.3 Å². The molecule has 0 aliphatic heterocycles. The topological polar surface area (TPSA) is 72.3 Å². The fraction of sp³-hybridized carbons (Fsp3) is 0.688.